The number of halogens is 1. The van der Waals surface area contributed by atoms with Crippen LogP contribution in [0, 0.1) is 0 Å². The lowest BCUT2D eigenvalue weighted by molar-refractivity contribution is 0.285. The van der Waals surface area contributed by atoms with Crippen molar-refractivity contribution in [2.45, 2.75) is 13.5 Å². The molecule has 0 aliphatic heterocycles. The maximum atomic E-state index is 5.85. The standard InChI is InChI=1S/C14H15ClN2O2/c1-2-18-14-4-3-12(16)5-10(14)9-19-13-6-11(15)7-17-8-13/h3-8H,2,9,16H2,1H3. The minimum absolute atomic E-state index is 0.350. The topological polar surface area (TPSA) is 57.4 Å². The van der Waals surface area contributed by atoms with Crippen LogP contribution in [0.3, 0.4) is 0 Å². The number of pyridine rings is 1. The molecule has 0 amide bonds. The SMILES string of the molecule is CCOc1ccc(N)cc1COc1cncc(Cl)c1. The first kappa shape index (κ1) is 13.5. The van der Waals surface area contributed by atoms with Crippen LogP contribution < -0.4 is 15.2 Å². The molecule has 0 atom stereocenters. The maximum Gasteiger partial charge on any atom is 0.139 e. The summed E-state index contributed by atoms with van der Waals surface area (Å²) in [6, 6.07) is 7.19. The maximum absolute atomic E-state index is 5.85. The van der Waals surface area contributed by atoms with Gasteiger partial charge >= 0.3 is 0 Å². The van der Waals surface area contributed by atoms with Gasteiger partial charge in [0.2, 0.25) is 0 Å². The molecule has 0 aliphatic carbocycles. The normalized spacial score (nSPS) is 10.2. The van der Waals surface area contributed by atoms with Gasteiger partial charge in [0.1, 0.15) is 18.1 Å². The Labute approximate surface area is 117 Å². The summed E-state index contributed by atoms with van der Waals surface area (Å²) in [5.41, 5.74) is 7.34. The summed E-state index contributed by atoms with van der Waals surface area (Å²) in [5, 5.41) is 0.537. The van der Waals surface area contributed by atoms with Crippen molar-refractivity contribution in [3.8, 4) is 11.5 Å². The van der Waals surface area contributed by atoms with Gasteiger partial charge in [0, 0.05) is 23.5 Å². The van der Waals surface area contributed by atoms with Crippen LogP contribution in [0.4, 0.5) is 5.69 Å². The molecule has 0 saturated heterocycles. The van der Waals surface area contributed by atoms with Crippen LogP contribution in [0.15, 0.2) is 36.7 Å². The number of anilines is 1. The highest BCUT2D eigenvalue weighted by Gasteiger charge is 2.05. The van der Waals surface area contributed by atoms with Gasteiger partial charge in [0.05, 0.1) is 17.8 Å². The van der Waals surface area contributed by atoms with E-state index in [1.807, 2.05) is 19.1 Å². The fourth-order valence-electron chi connectivity index (χ4n) is 1.64. The first-order valence-electron chi connectivity index (χ1n) is 5.93. The molecule has 1 aromatic carbocycles. The van der Waals surface area contributed by atoms with Crippen molar-refractivity contribution in [3.05, 3.63) is 47.2 Å². The molecular formula is C14H15ClN2O2. The van der Waals surface area contributed by atoms with Gasteiger partial charge in [-0.15, -0.1) is 0 Å². The molecule has 4 nitrogen and oxygen atoms in total. The summed E-state index contributed by atoms with van der Waals surface area (Å²) in [5.74, 6) is 1.38. The molecule has 19 heavy (non-hydrogen) atoms. The van der Waals surface area contributed by atoms with E-state index in [1.54, 1.807) is 24.5 Å². The van der Waals surface area contributed by atoms with Crippen molar-refractivity contribution in [2.24, 2.45) is 0 Å². The second-order valence-corrected chi connectivity index (χ2v) is 4.36. The zero-order valence-corrected chi connectivity index (χ0v) is 11.4. The molecule has 100 valence electrons. The van der Waals surface area contributed by atoms with Crippen LogP contribution in [0.25, 0.3) is 0 Å². The van der Waals surface area contributed by atoms with E-state index in [0.717, 1.165) is 11.3 Å². The third-order valence-corrected chi connectivity index (χ3v) is 2.67. The Morgan fingerprint density at radius 3 is 2.79 bits per heavy atom. The molecule has 1 heterocycles. The molecule has 0 radical (unpaired) electrons. The summed E-state index contributed by atoms with van der Waals surface area (Å²) in [6.07, 6.45) is 3.17. The lowest BCUT2D eigenvalue weighted by atomic mass is 10.2. The molecule has 0 bridgehead atoms. The zero-order chi connectivity index (χ0) is 13.7. The molecule has 2 aromatic rings. The highest BCUT2D eigenvalue weighted by molar-refractivity contribution is 6.30. The largest absolute Gasteiger partial charge is 0.493 e. The predicted octanol–water partition coefficient (Wildman–Crippen LogP) is 3.29. The molecular weight excluding hydrogens is 264 g/mol. The van der Waals surface area contributed by atoms with Gasteiger partial charge in [-0.05, 0) is 25.1 Å². The van der Waals surface area contributed by atoms with E-state index in [1.165, 1.54) is 0 Å². The lowest BCUT2D eigenvalue weighted by Crippen LogP contribution is -2.02. The van der Waals surface area contributed by atoms with Crippen LogP contribution in [-0.2, 0) is 6.61 Å². The fourth-order valence-corrected chi connectivity index (χ4v) is 1.80. The van der Waals surface area contributed by atoms with E-state index < -0.39 is 0 Å². The third kappa shape index (κ3) is 3.76. The van der Waals surface area contributed by atoms with E-state index in [0.29, 0.717) is 29.7 Å². The Balaban J connectivity index is 2.12. The molecule has 0 saturated carbocycles. The van der Waals surface area contributed by atoms with E-state index >= 15 is 0 Å². The average molecular weight is 279 g/mol. The zero-order valence-electron chi connectivity index (χ0n) is 10.6. The number of hydrogen-bond donors (Lipinski definition) is 1. The monoisotopic (exact) mass is 278 g/mol. The van der Waals surface area contributed by atoms with Crippen molar-refractivity contribution >= 4 is 17.3 Å². The number of benzene rings is 1. The lowest BCUT2D eigenvalue weighted by Gasteiger charge is -2.12. The van der Waals surface area contributed by atoms with Crippen LogP contribution in [0.5, 0.6) is 11.5 Å². The second-order valence-electron chi connectivity index (χ2n) is 3.93. The molecule has 0 fully saturated rings. The van der Waals surface area contributed by atoms with Crippen molar-refractivity contribution < 1.29 is 9.47 Å². The molecule has 1 aromatic heterocycles. The Morgan fingerprint density at radius 2 is 2.05 bits per heavy atom. The first-order chi connectivity index (χ1) is 9.19. The summed E-state index contributed by atoms with van der Waals surface area (Å²) in [4.78, 5) is 3.96. The quantitative estimate of drug-likeness (QED) is 0.853. The van der Waals surface area contributed by atoms with Crippen molar-refractivity contribution in [3.63, 3.8) is 0 Å². The van der Waals surface area contributed by atoms with Gasteiger partial charge in [0.25, 0.3) is 0 Å². The Bertz CT molecular complexity index is 561. The number of aromatic nitrogens is 1. The minimum Gasteiger partial charge on any atom is -0.493 e. The summed E-state index contributed by atoms with van der Waals surface area (Å²) >= 11 is 5.85. The summed E-state index contributed by atoms with van der Waals surface area (Å²) in [6.45, 7) is 2.87. The predicted molar refractivity (Wildman–Crippen MR) is 75.6 cm³/mol. The molecule has 2 rings (SSSR count). The first-order valence-corrected chi connectivity index (χ1v) is 6.31. The smallest absolute Gasteiger partial charge is 0.139 e. The summed E-state index contributed by atoms with van der Waals surface area (Å²) in [7, 11) is 0. The highest BCUT2D eigenvalue weighted by atomic mass is 35.5. The van der Waals surface area contributed by atoms with E-state index in [4.69, 9.17) is 26.8 Å². The summed E-state index contributed by atoms with van der Waals surface area (Å²) < 4.78 is 11.2. The molecule has 0 aliphatic rings. The van der Waals surface area contributed by atoms with Crippen LogP contribution >= 0.6 is 11.6 Å². The van der Waals surface area contributed by atoms with Gasteiger partial charge < -0.3 is 15.2 Å². The Kier molecular flexibility index (Phi) is 4.47. The average Bonchev–Trinajstić information content (AvgIpc) is 2.39. The van der Waals surface area contributed by atoms with Gasteiger partial charge in [-0.25, -0.2) is 0 Å². The highest BCUT2D eigenvalue weighted by Crippen LogP contribution is 2.24. The van der Waals surface area contributed by atoms with E-state index in [2.05, 4.69) is 4.98 Å². The second kappa shape index (κ2) is 6.29. The number of ether oxygens (including phenoxy) is 2. The van der Waals surface area contributed by atoms with Crippen molar-refractivity contribution in [2.75, 3.05) is 12.3 Å². The Morgan fingerprint density at radius 1 is 1.21 bits per heavy atom. The molecule has 0 spiro atoms. The van der Waals surface area contributed by atoms with Gasteiger partial charge in [-0.3, -0.25) is 4.98 Å². The molecule has 5 heteroatoms. The number of nitrogen functional groups attached to an aromatic ring is 1. The Hall–Kier alpha value is -1.94. The van der Waals surface area contributed by atoms with Crippen LogP contribution in [-0.4, -0.2) is 11.6 Å². The number of nitrogens with zero attached hydrogens (tertiary/aromatic N) is 1. The molecule has 2 N–H and O–H groups in total. The van der Waals surface area contributed by atoms with Crippen molar-refractivity contribution in [1.29, 1.82) is 0 Å². The van der Waals surface area contributed by atoms with Crippen LogP contribution in [0.2, 0.25) is 5.02 Å². The fraction of sp³-hybridized carbons (Fsp3) is 0.214. The van der Waals surface area contributed by atoms with E-state index in [9.17, 15) is 0 Å². The van der Waals surface area contributed by atoms with Crippen LogP contribution in [0.1, 0.15) is 12.5 Å². The molecule has 0 unspecified atom stereocenters. The van der Waals surface area contributed by atoms with E-state index in [-0.39, 0.29) is 0 Å². The number of nitrogens with two attached hydrogens (primary N) is 1. The van der Waals surface area contributed by atoms with Gasteiger partial charge in [0.15, 0.2) is 0 Å². The minimum atomic E-state index is 0.350. The number of rotatable bonds is 5. The van der Waals surface area contributed by atoms with Crippen molar-refractivity contribution in [1.82, 2.24) is 4.98 Å². The number of hydrogen-bond acceptors (Lipinski definition) is 4. The van der Waals surface area contributed by atoms with Gasteiger partial charge in [-0.1, -0.05) is 11.6 Å². The third-order valence-electron chi connectivity index (χ3n) is 2.46. The van der Waals surface area contributed by atoms with Gasteiger partial charge in [-0.2, -0.15) is 0 Å².